The van der Waals surface area contributed by atoms with E-state index in [1.54, 1.807) is 12.1 Å². The van der Waals surface area contributed by atoms with Gasteiger partial charge in [0.1, 0.15) is 0 Å². The normalized spacial score (nSPS) is 13.8. The lowest BCUT2D eigenvalue weighted by Gasteiger charge is -2.22. The van der Waals surface area contributed by atoms with Crippen molar-refractivity contribution in [3.05, 3.63) is 59.7 Å². The number of hydrogen-bond acceptors (Lipinski definition) is 3. The molecule has 4 heteroatoms. The van der Waals surface area contributed by atoms with Crippen molar-refractivity contribution < 1.29 is 4.79 Å². The van der Waals surface area contributed by atoms with Gasteiger partial charge < -0.3 is 4.90 Å². The second kappa shape index (κ2) is 7.34. The van der Waals surface area contributed by atoms with Crippen molar-refractivity contribution in [1.29, 1.82) is 5.26 Å². The monoisotopic (exact) mass is 322 g/mol. The molecule has 1 aliphatic heterocycles. The zero-order chi connectivity index (χ0) is 16.1. The fourth-order valence-corrected chi connectivity index (χ4v) is 3.71. The van der Waals surface area contributed by atoms with Gasteiger partial charge in [0.2, 0.25) is 5.91 Å². The standard InChI is InChI=1S/C19H18N2OS/c20-14-16-8-6-15(7-9-16)10-11-19(22)21-12-3-13-23-18-5-2-1-4-17(18)21/h1-2,4-9H,3,10-13H2. The van der Waals surface area contributed by atoms with Gasteiger partial charge in [0.25, 0.3) is 0 Å². The first-order chi connectivity index (χ1) is 11.3. The summed E-state index contributed by atoms with van der Waals surface area (Å²) in [4.78, 5) is 15.8. The molecule has 0 atom stereocenters. The lowest BCUT2D eigenvalue weighted by molar-refractivity contribution is -0.118. The summed E-state index contributed by atoms with van der Waals surface area (Å²) < 4.78 is 0. The smallest absolute Gasteiger partial charge is 0.227 e. The van der Waals surface area contributed by atoms with Crippen molar-refractivity contribution in [2.45, 2.75) is 24.2 Å². The van der Waals surface area contributed by atoms with Gasteiger partial charge in [0.05, 0.1) is 17.3 Å². The van der Waals surface area contributed by atoms with E-state index in [-0.39, 0.29) is 5.91 Å². The molecule has 1 heterocycles. The van der Waals surface area contributed by atoms with Crippen LogP contribution in [0, 0.1) is 11.3 Å². The van der Waals surface area contributed by atoms with Crippen LogP contribution in [0.25, 0.3) is 0 Å². The fraction of sp³-hybridized carbons (Fsp3) is 0.263. The Kier molecular flexibility index (Phi) is 4.99. The van der Waals surface area contributed by atoms with Crippen LogP contribution in [-0.4, -0.2) is 18.2 Å². The van der Waals surface area contributed by atoms with Crippen molar-refractivity contribution in [2.24, 2.45) is 0 Å². The van der Waals surface area contributed by atoms with E-state index >= 15 is 0 Å². The number of aryl methyl sites for hydroxylation is 1. The zero-order valence-electron chi connectivity index (χ0n) is 12.9. The maximum Gasteiger partial charge on any atom is 0.227 e. The summed E-state index contributed by atoms with van der Waals surface area (Å²) in [6, 6.07) is 17.7. The van der Waals surface area contributed by atoms with Crippen LogP contribution < -0.4 is 4.90 Å². The first-order valence-electron chi connectivity index (χ1n) is 7.79. The van der Waals surface area contributed by atoms with Crippen molar-refractivity contribution in [2.75, 3.05) is 17.2 Å². The highest BCUT2D eigenvalue weighted by Crippen LogP contribution is 2.33. The summed E-state index contributed by atoms with van der Waals surface area (Å²) in [7, 11) is 0. The van der Waals surface area contributed by atoms with E-state index in [9.17, 15) is 4.79 Å². The van der Waals surface area contributed by atoms with Crippen molar-refractivity contribution in [3.63, 3.8) is 0 Å². The molecule has 3 nitrogen and oxygen atoms in total. The maximum atomic E-state index is 12.7. The molecule has 0 fully saturated rings. The van der Waals surface area contributed by atoms with E-state index in [4.69, 9.17) is 5.26 Å². The van der Waals surface area contributed by atoms with E-state index in [1.165, 1.54) is 4.90 Å². The zero-order valence-corrected chi connectivity index (χ0v) is 13.7. The number of benzene rings is 2. The second-order valence-electron chi connectivity index (χ2n) is 5.52. The number of anilines is 1. The van der Waals surface area contributed by atoms with Crippen LogP contribution in [0.1, 0.15) is 24.0 Å². The average molecular weight is 322 g/mol. The van der Waals surface area contributed by atoms with Crippen LogP contribution in [0.3, 0.4) is 0 Å². The highest BCUT2D eigenvalue weighted by atomic mass is 32.2. The van der Waals surface area contributed by atoms with Crippen molar-refractivity contribution >= 4 is 23.4 Å². The largest absolute Gasteiger partial charge is 0.311 e. The predicted molar refractivity (Wildman–Crippen MR) is 93.6 cm³/mol. The molecule has 0 saturated heterocycles. The number of fused-ring (bicyclic) bond motifs is 1. The Morgan fingerprint density at radius 2 is 1.96 bits per heavy atom. The third-order valence-corrected chi connectivity index (χ3v) is 5.10. The van der Waals surface area contributed by atoms with E-state index in [0.29, 0.717) is 18.4 Å². The Bertz CT molecular complexity index is 734. The number of thioether (sulfide) groups is 1. The molecule has 0 aromatic heterocycles. The van der Waals surface area contributed by atoms with Gasteiger partial charge in [0.15, 0.2) is 0 Å². The lowest BCUT2D eigenvalue weighted by atomic mass is 10.1. The summed E-state index contributed by atoms with van der Waals surface area (Å²) in [5.74, 6) is 1.22. The maximum absolute atomic E-state index is 12.7. The first kappa shape index (κ1) is 15.6. The quantitative estimate of drug-likeness (QED) is 0.857. The molecule has 0 N–H and O–H groups in total. The molecule has 0 saturated carbocycles. The minimum atomic E-state index is 0.171. The van der Waals surface area contributed by atoms with Crippen molar-refractivity contribution in [1.82, 2.24) is 0 Å². The number of nitriles is 1. The molecule has 2 aromatic carbocycles. The predicted octanol–water partition coefficient (Wildman–Crippen LogP) is 4.02. The molecule has 0 bridgehead atoms. The summed E-state index contributed by atoms with van der Waals surface area (Å²) in [5, 5.41) is 8.82. The van der Waals surface area contributed by atoms with Gasteiger partial charge in [-0.15, -0.1) is 11.8 Å². The number of hydrogen-bond donors (Lipinski definition) is 0. The first-order valence-corrected chi connectivity index (χ1v) is 8.78. The molecule has 0 radical (unpaired) electrons. The molecule has 3 rings (SSSR count). The SMILES string of the molecule is N#Cc1ccc(CCC(=O)N2CCCSc3ccccc32)cc1. The summed E-state index contributed by atoms with van der Waals surface area (Å²) in [6.45, 7) is 0.788. The van der Waals surface area contributed by atoms with E-state index in [0.717, 1.165) is 30.0 Å². The van der Waals surface area contributed by atoms with E-state index in [1.807, 2.05) is 47.0 Å². The summed E-state index contributed by atoms with van der Waals surface area (Å²) in [6.07, 6.45) is 2.21. The van der Waals surface area contributed by atoms with Crippen LogP contribution >= 0.6 is 11.8 Å². The Hall–Kier alpha value is -2.25. The third kappa shape index (κ3) is 3.75. The minimum absolute atomic E-state index is 0.171. The molecule has 0 unspecified atom stereocenters. The van der Waals surface area contributed by atoms with Crippen LogP contribution in [0.15, 0.2) is 53.4 Å². The lowest BCUT2D eigenvalue weighted by Crippen LogP contribution is -2.31. The average Bonchev–Trinajstić information content (AvgIpc) is 2.82. The molecular weight excluding hydrogens is 304 g/mol. The number of carbonyl (C=O) groups is 1. The Labute approximate surface area is 140 Å². The highest BCUT2D eigenvalue weighted by Gasteiger charge is 2.20. The number of rotatable bonds is 3. The van der Waals surface area contributed by atoms with Crippen molar-refractivity contribution in [3.8, 4) is 6.07 Å². The molecule has 1 aliphatic rings. The number of para-hydroxylation sites is 1. The number of carbonyl (C=O) groups excluding carboxylic acids is 1. The topological polar surface area (TPSA) is 44.1 Å². The molecule has 23 heavy (non-hydrogen) atoms. The summed E-state index contributed by atoms with van der Waals surface area (Å²) >= 11 is 1.82. The van der Waals surface area contributed by atoms with Crippen LogP contribution in [-0.2, 0) is 11.2 Å². The Balaban J connectivity index is 1.69. The highest BCUT2D eigenvalue weighted by molar-refractivity contribution is 7.99. The molecular formula is C19H18N2OS. The van der Waals surface area contributed by atoms with E-state index < -0.39 is 0 Å². The van der Waals surface area contributed by atoms with Gasteiger partial charge in [-0.1, -0.05) is 24.3 Å². The summed E-state index contributed by atoms with van der Waals surface area (Å²) in [5.41, 5.74) is 2.79. The van der Waals surface area contributed by atoms with Crippen LogP contribution in [0.2, 0.25) is 0 Å². The minimum Gasteiger partial charge on any atom is -0.311 e. The number of amides is 1. The van der Waals surface area contributed by atoms with Gasteiger partial charge in [-0.25, -0.2) is 0 Å². The van der Waals surface area contributed by atoms with Crippen LogP contribution in [0.5, 0.6) is 0 Å². The second-order valence-corrected chi connectivity index (χ2v) is 6.66. The van der Waals surface area contributed by atoms with Gasteiger partial charge >= 0.3 is 0 Å². The van der Waals surface area contributed by atoms with E-state index in [2.05, 4.69) is 12.1 Å². The molecule has 2 aromatic rings. The van der Waals surface area contributed by atoms with Gasteiger partial charge in [-0.05, 0) is 48.4 Å². The molecule has 0 spiro atoms. The van der Waals surface area contributed by atoms with Gasteiger partial charge in [0, 0.05) is 17.9 Å². The molecule has 0 aliphatic carbocycles. The van der Waals surface area contributed by atoms with Gasteiger partial charge in [-0.3, -0.25) is 4.79 Å². The number of nitrogens with zero attached hydrogens (tertiary/aromatic N) is 2. The van der Waals surface area contributed by atoms with Crippen LogP contribution in [0.4, 0.5) is 5.69 Å². The Morgan fingerprint density at radius 3 is 2.74 bits per heavy atom. The molecule has 1 amide bonds. The third-order valence-electron chi connectivity index (χ3n) is 3.95. The Morgan fingerprint density at radius 1 is 1.17 bits per heavy atom. The fourth-order valence-electron chi connectivity index (χ4n) is 2.72. The molecule has 116 valence electrons. The van der Waals surface area contributed by atoms with Gasteiger partial charge in [-0.2, -0.15) is 5.26 Å².